The van der Waals surface area contributed by atoms with Crippen molar-refractivity contribution in [1.82, 2.24) is 20.5 Å². The number of rotatable bonds is 5. The summed E-state index contributed by atoms with van der Waals surface area (Å²) in [6, 6.07) is 5.26. The van der Waals surface area contributed by atoms with Crippen molar-refractivity contribution in [1.29, 1.82) is 5.26 Å². The van der Waals surface area contributed by atoms with Gasteiger partial charge in [-0.15, -0.1) is 10.2 Å². The van der Waals surface area contributed by atoms with Crippen molar-refractivity contribution in [2.24, 2.45) is 0 Å². The molecule has 2 bridgehead atoms. The van der Waals surface area contributed by atoms with E-state index in [4.69, 9.17) is 14.4 Å². The van der Waals surface area contributed by atoms with E-state index in [0.29, 0.717) is 22.9 Å². The Balaban J connectivity index is 1.38. The van der Waals surface area contributed by atoms with Gasteiger partial charge in [0.15, 0.2) is 6.61 Å². The highest BCUT2D eigenvalue weighted by Crippen LogP contribution is 2.67. The Labute approximate surface area is 127 Å². The molecule has 7 nitrogen and oxygen atoms in total. The van der Waals surface area contributed by atoms with Gasteiger partial charge in [-0.05, 0) is 38.4 Å². The molecule has 7 heteroatoms. The summed E-state index contributed by atoms with van der Waals surface area (Å²) in [6.45, 7) is 0.202. The number of pyridine rings is 1. The minimum atomic E-state index is 0.0876. The topological polar surface area (TPSA) is 96.9 Å². The Morgan fingerprint density at radius 1 is 1.36 bits per heavy atom. The van der Waals surface area contributed by atoms with Gasteiger partial charge in [0.25, 0.3) is 5.89 Å². The Morgan fingerprint density at radius 2 is 2.18 bits per heavy atom. The smallest absolute Gasteiger partial charge is 0.253 e. The van der Waals surface area contributed by atoms with E-state index < -0.39 is 0 Å². The van der Waals surface area contributed by atoms with Crippen LogP contribution < -0.4 is 10.1 Å². The molecule has 0 radical (unpaired) electrons. The van der Waals surface area contributed by atoms with Gasteiger partial charge in [-0.1, -0.05) is 0 Å². The summed E-state index contributed by atoms with van der Waals surface area (Å²) >= 11 is 0. The number of nitrogens with one attached hydrogen (secondary N) is 1. The van der Waals surface area contributed by atoms with Crippen LogP contribution in [0.1, 0.15) is 36.7 Å². The fourth-order valence-corrected chi connectivity index (χ4v) is 3.48. The third-order valence-corrected chi connectivity index (χ3v) is 4.69. The molecule has 3 saturated carbocycles. The first-order valence-corrected chi connectivity index (χ1v) is 7.18. The number of nitriles is 1. The standard InChI is InChI=1S/C15H15N5O2/c1-17-15-7-14(8-15,9-15)13-20-19-12(22-13)6-21-11-3-2-10(4-16)18-5-11/h2-3,5,17H,6-9H2,1H3. The van der Waals surface area contributed by atoms with Crippen LogP contribution in [0.5, 0.6) is 5.75 Å². The molecule has 0 aliphatic heterocycles. The maximum absolute atomic E-state index is 8.69. The molecule has 0 atom stereocenters. The first kappa shape index (κ1) is 13.2. The molecule has 5 rings (SSSR count). The van der Waals surface area contributed by atoms with E-state index in [0.717, 1.165) is 25.2 Å². The molecule has 0 amide bonds. The van der Waals surface area contributed by atoms with E-state index in [1.54, 1.807) is 12.1 Å². The van der Waals surface area contributed by atoms with Gasteiger partial charge in [0.1, 0.15) is 17.5 Å². The summed E-state index contributed by atoms with van der Waals surface area (Å²) in [6.07, 6.45) is 4.71. The van der Waals surface area contributed by atoms with Crippen LogP contribution in [0.3, 0.4) is 0 Å². The SMILES string of the molecule is CNC12CC(c3nnc(COc4ccc(C#N)nc4)o3)(C1)C2. The van der Waals surface area contributed by atoms with Crippen LogP contribution in [0, 0.1) is 11.3 Å². The average molecular weight is 297 g/mol. The molecule has 3 fully saturated rings. The normalized spacial score (nSPS) is 28.4. The molecule has 2 heterocycles. The minimum absolute atomic E-state index is 0.0876. The van der Waals surface area contributed by atoms with E-state index in [2.05, 4.69) is 20.5 Å². The summed E-state index contributed by atoms with van der Waals surface area (Å²) in [5.41, 5.74) is 0.748. The van der Waals surface area contributed by atoms with Crippen molar-refractivity contribution in [2.75, 3.05) is 7.05 Å². The molecular weight excluding hydrogens is 282 g/mol. The highest BCUT2D eigenvalue weighted by molar-refractivity contribution is 5.33. The molecule has 3 aliphatic rings. The molecule has 0 saturated heterocycles. The summed E-state index contributed by atoms with van der Waals surface area (Å²) in [4.78, 5) is 3.94. The van der Waals surface area contributed by atoms with Crippen molar-refractivity contribution >= 4 is 0 Å². The Bertz CT molecular complexity index is 726. The van der Waals surface area contributed by atoms with Crippen LogP contribution in [0.25, 0.3) is 0 Å². The van der Waals surface area contributed by atoms with E-state index in [9.17, 15) is 0 Å². The van der Waals surface area contributed by atoms with Crippen LogP contribution >= 0.6 is 0 Å². The number of aromatic nitrogens is 3. The largest absolute Gasteiger partial charge is 0.482 e. The van der Waals surface area contributed by atoms with Gasteiger partial charge in [0, 0.05) is 5.54 Å². The average Bonchev–Trinajstić information content (AvgIpc) is 2.92. The van der Waals surface area contributed by atoms with Crippen molar-refractivity contribution < 1.29 is 9.15 Å². The molecular formula is C15H15N5O2. The fraction of sp³-hybridized carbons (Fsp3) is 0.467. The molecule has 2 aromatic rings. The van der Waals surface area contributed by atoms with Gasteiger partial charge >= 0.3 is 0 Å². The molecule has 0 aromatic carbocycles. The van der Waals surface area contributed by atoms with Crippen molar-refractivity contribution in [3.63, 3.8) is 0 Å². The zero-order valence-electron chi connectivity index (χ0n) is 12.2. The Hall–Kier alpha value is -2.46. The molecule has 0 unspecified atom stereocenters. The zero-order chi connectivity index (χ0) is 15.2. The first-order chi connectivity index (χ1) is 10.7. The number of ether oxygens (including phenoxy) is 1. The Kier molecular flexibility index (Phi) is 2.71. The predicted octanol–water partition coefficient (Wildman–Crippen LogP) is 1.31. The van der Waals surface area contributed by atoms with Gasteiger partial charge in [0.2, 0.25) is 5.89 Å². The van der Waals surface area contributed by atoms with Crippen molar-refractivity contribution in [2.45, 2.75) is 36.8 Å². The maximum Gasteiger partial charge on any atom is 0.253 e. The zero-order valence-corrected chi connectivity index (χ0v) is 12.2. The maximum atomic E-state index is 8.69. The van der Waals surface area contributed by atoms with Gasteiger partial charge in [-0.3, -0.25) is 0 Å². The molecule has 22 heavy (non-hydrogen) atoms. The van der Waals surface area contributed by atoms with Crippen LogP contribution in [0.15, 0.2) is 22.7 Å². The molecule has 0 spiro atoms. The lowest BCUT2D eigenvalue weighted by Gasteiger charge is -2.68. The van der Waals surface area contributed by atoms with Gasteiger partial charge in [-0.2, -0.15) is 5.26 Å². The lowest BCUT2D eigenvalue weighted by atomic mass is 9.39. The quantitative estimate of drug-likeness (QED) is 0.888. The first-order valence-electron chi connectivity index (χ1n) is 7.18. The van der Waals surface area contributed by atoms with Crippen molar-refractivity contribution in [3.05, 3.63) is 35.8 Å². The summed E-state index contributed by atoms with van der Waals surface area (Å²) in [5.74, 6) is 1.75. The van der Waals surface area contributed by atoms with E-state index in [-0.39, 0.29) is 12.0 Å². The second-order valence-electron chi connectivity index (χ2n) is 6.12. The monoisotopic (exact) mass is 297 g/mol. The molecule has 3 aliphatic carbocycles. The van der Waals surface area contributed by atoms with Crippen LogP contribution in [0.4, 0.5) is 0 Å². The van der Waals surface area contributed by atoms with Gasteiger partial charge in [0.05, 0.1) is 11.6 Å². The highest BCUT2D eigenvalue weighted by atomic mass is 16.5. The predicted molar refractivity (Wildman–Crippen MR) is 74.9 cm³/mol. The lowest BCUT2D eigenvalue weighted by molar-refractivity contribution is -0.0995. The summed E-state index contributed by atoms with van der Waals surface area (Å²) in [7, 11) is 2.00. The summed E-state index contributed by atoms with van der Waals surface area (Å²) < 4.78 is 11.3. The fourth-order valence-electron chi connectivity index (χ4n) is 3.48. The van der Waals surface area contributed by atoms with Crippen LogP contribution in [0.2, 0.25) is 0 Å². The van der Waals surface area contributed by atoms with E-state index in [1.165, 1.54) is 6.20 Å². The minimum Gasteiger partial charge on any atom is -0.482 e. The molecule has 112 valence electrons. The second kappa shape index (κ2) is 4.52. The van der Waals surface area contributed by atoms with Gasteiger partial charge < -0.3 is 14.5 Å². The Morgan fingerprint density at radius 3 is 2.82 bits per heavy atom. The third-order valence-electron chi connectivity index (χ3n) is 4.69. The second-order valence-corrected chi connectivity index (χ2v) is 6.12. The number of hydrogen-bond donors (Lipinski definition) is 1. The molecule has 1 N–H and O–H groups in total. The number of hydrogen-bond acceptors (Lipinski definition) is 7. The molecule has 2 aromatic heterocycles. The lowest BCUT2D eigenvalue weighted by Crippen LogP contribution is -2.75. The number of nitrogens with zero attached hydrogens (tertiary/aromatic N) is 4. The van der Waals surface area contributed by atoms with Gasteiger partial charge in [-0.25, -0.2) is 4.98 Å². The van der Waals surface area contributed by atoms with Crippen LogP contribution in [-0.2, 0) is 12.0 Å². The van der Waals surface area contributed by atoms with E-state index >= 15 is 0 Å². The highest BCUT2D eigenvalue weighted by Gasteiger charge is 2.70. The van der Waals surface area contributed by atoms with Crippen molar-refractivity contribution in [3.8, 4) is 11.8 Å². The van der Waals surface area contributed by atoms with E-state index in [1.807, 2.05) is 13.1 Å². The third kappa shape index (κ3) is 1.88. The summed E-state index contributed by atoms with van der Waals surface area (Å²) in [5, 5.41) is 20.3. The van der Waals surface area contributed by atoms with Crippen LogP contribution in [-0.4, -0.2) is 27.8 Å².